The van der Waals surface area contributed by atoms with Gasteiger partial charge in [-0.25, -0.2) is 19.4 Å². The molecule has 0 saturated heterocycles. The molecule has 55 heavy (non-hydrogen) atoms. The van der Waals surface area contributed by atoms with E-state index in [1.807, 2.05) is 0 Å². The Bertz CT molecular complexity index is 2400. The van der Waals surface area contributed by atoms with Gasteiger partial charge >= 0.3 is 11.9 Å². The summed E-state index contributed by atoms with van der Waals surface area (Å²) in [5.74, 6) is -1.69. The largest absolute Gasteiger partial charge is 0.478 e. The van der Waals surface area contributed by atoms with Crippen molar-refractivity contribution in [3.63, 3.8) is 0 Å². The van der Waals surface area contributed by atoms with Gasteiger partial charge in [0, 0.05) is 0 Å². The van der Waals surface area contributed by atoms with Crippen molar-refractivity contribution in [1.29, 1.82) is 0 Å². The molecular weight excluding hydrogens is 708 g/mol. The molecule has 0 aliphatic carbocycles. The number of carboxylic acids is 2. The number of hydrogen-bond donors (Lipinski definition) is 2. The molecule has 0 bridgehead atoms. The Morgan fingerprint density at radius 2 is 0.618 bits per heavy atom. The Morgan fingerprint density at radius 1 is 0.364 bits per heavy atom. The average Bonchev–Trinajstić information content (AvgIpc) is 3.59. The minimum atomic E-state index is -1.19. The zero-order chi connectivity index (χ0) is 38.4. The summed E-state index contributed by atoms with van der Waals surface area (Å²) in [6.07, 6.45) is 0. The summed E-state index contributed by atoms with van der Waals surface area (Å²) in [5.41, 5.74) is 0.800. The van der Waals surface area contributed by atoms with E-state index in [4.69, 9.17) is 14.2 Å². The number of rotatable bonds is 10. The molecule has 0 unspecified atom stereocenters. The normalized spacial score (nSPS) is 13.1. The predicted molar refractivity (Wildman–Crippen MR) is 195 cm³/mol. The second-order valence-corrected chi connectivity index (χ2v) is 12.3. The van der Waals surface area contributed by atoms with Crippen LogP contribution in [0.15, 0.2) is 133 Å². The molecule has 13 nitrogen and oxygen atoms in total. The number of carboxylic acid groups (broad SMARTS) is 2. The molecule has 0 spiro atoms. The highest BCUT2D eigenvalue weighted by molar-refractivity contribution is 6.35. The third-order valence-electron chi connectivity index (χ3n) is 8.81. The van der Waals surface area contributed by atoms with Crippen LogP contribution in [0.2, 0.25) is 0 Å². The second-order valence-electron chi connectivity index (χ2n) is 12.3. The molecular formula is C42H24N2O11. The highest BCUT2D eigenvalue weighted by atomic mass is 16.5. The summed E-state index contributed by atoms with van der Waals surface area (Å²) < 4.78 is 17.8. The Hall–Kier alpha value is -8.06. The number of imide groups is 2. The number of carbonyl (C=O) groups is 6. The maximum atomic E-state index is 13.0. The number of hydrogen-bond acceptors (Lipinski definition) is 9. The van der Waals surface area contributed by atoms with Crippen LogP contribution in [0.4, 0.5) is 11.4 Å². The van der Waals surface area contributed by atoms with Crippen molar-refractivity contribution >= 4 is 46.9 Å². The lowest BCUT2D eigenvalue weighted by Crippen LogP contribution is -2.29. The maximum absolute atomic E-state index is 13.0. The lowest BCUT2D eigenvalue weighted by molar-refractivity contribution is 0.0686. The molecule has 0 fully saturated rings. The van der Waals surface area contributed by atoms with Crippen LogP contribution in [-0.4, -0.2) is 45.8 Å². The van der Waals surface area contributed by atoms with Crippen LogP contribution in [0.1, 0.15) is 62.1 Å². The molecule has 0 saturated carbocycles. The molecule has 268 valence electrons. The summed E-state index contributed by atoms with van der Waals surface area (Å²) >= 11 is 0. The molecule has 6 aromatic rings. The zero-order valence-electron chi connectivity index (χ0n) is 28.2. The van der Waals surface area contributed by atoms with Gasteiger partial charge in [0.15, 0.2) is 0 Å². The van der Waals surface area contributed by atoms with E-state index in [0.29, 0.717) is 45.9 Å². The topological polar surface area (TPSA) is 177 Å². The number of fused-ring (bicyclic) bond motifs is 2. The van der Waals surface area contributed by atoms with Crippen LogP contribution >= 0.6 is 0 Å². The fourth-order valence-electron chi connectivity index (χ4n) is 6.10. The summed E-state index contributed by atoms with van der Waals surface area (Å²) in [6.45, 7) is 0. The molecule has 2 N–H and O–H groups in total. The van der Waals surface area contributed by atoms with Crippen LogP contribution in [0.25, 0.3) is 0 Å². The van der Waals surface area contributed by atoms with E-state index in [1.165, 1.54) is 36.4 Å². The van der Waals surface area contributed by atoms with Gasteiger partial charge < -0.3 is 24.4 Å². The Morgan fingerprint density at radius 3 is 0.891 bits per heavy atom. The van der Waals surface area contributed by atoms with E-state index in [9.17, 15) is 39.0 Å². The van der Waals surface area contributed by atoms with Gasteiger partial charge in [0.1, 0.15) is 34.5 Å². The van der Waals surface area contributed by atoms with Crippen LogP contribution in [-0.2, 0) is 0 Å². The van der Waals surface area contributed by atoms with Crippen LogP contribution in [0.5, 0.6) is 34.5 Å². The van der Waals surface area contributed by atoms with Crippen molar-refractivity contribution in [2.45, 2.75) is 0 Å². The van der Waals surface area contributed by atoms with E-state index in [1.54, 1.807) is 97.1 Å². The minimum Gasteiger partial charge on any atom is -0.478 e. The molecule has 0 atom stereocenters. The molecule has 4 amide bonds. The van der Waals surface area contributed by atoms with Crippen molar-refractivity contribution in [1.82, 2.24) is 0 Å². The first-order valence-electron chi connectivity index (χ1n) is 16.5. The Labute approximate surface area is 310 Å². The fourth-order valence-corrected chi connectivity index (χ4v) is 6.10. The SMILES string of the molecule is O=C(O)c1ccc2c(c1)C(=O)N(c1ccc(Oc3ccc(Oc4ccc(Oc5ccc(N6C(=O)c7ccc(C(=O)O)cc7C6=O)cc5)cc4)cc3)cc1)C2=O. The van der Waals surface area contributed by atoms with Crippen LogP contribution in [0.3, 0.4) is 0 Å². The van der Waals surface area contributed by atoms with E-state index in [2.05, 4.69) is 0 Å². The summed E-state index contributed by atoms with van der Waals surface area (Å²) in [4.78, 5) is 76.4. The molecule has 2 aliphatic heterocycles. The minimum absolute atomic E-state index is 0.0339. The number of benzene rings is 6. The Kier molecular flexibility index (Phi) is 8.35. The summed E-state index contributed by atoms with van der Waals surface area (Å²) in [7, 11) is 0. The molecule has 6 aromatic carbocycles. The molecule has 0 radical (unpaired) electrons. The van der Waals surface area contributed by atoms with Gasteiger partial charge in [-0.2, -0.15) is 0 Å². The van der Waals surface area contributed by atoms with E-state index in [-0.39, 0.29) is 33.4 Å². The highest BCUT2D eigenvalue weighted by Gasteiger charge is 2.38. The Balaban J connectivity index is 0.854. The van der Waals surface area contributed by atoms with Gasteiger partial charge in [-0.1, -0.05) is 0 Å². The third-order valence-corrected chi connectivity index (χ3v) is 8.81. The first kappa shape index (κ1) is 34.0. The number of anilines is 2. The second kappa shape index (κ2) is 13.5. The number of aromatic carboxylic acids is 2. The van der Waals surface area contributed by atoms with Crippen molar-refractivity contribution in [3.8, 4) is 34.5 Å². The zero-order valence-corrected chi connectivity index (χ0v) is 28.2. The fraction of sp³-hybridized carbons (Fsp3) is 0. The standard InChI is InChI=1S/C42H24N2O11/c45-37-33-19-1-23(41(49)50)21-35(33)39(47)43(37)25-3-7-27(8-4-25)53-29-11-15-31(16-12-29)55-32-17-13-30(14-18-32)54-28-9-5-26(6-10-28)44-38(46)34-20-2-24(42(51)52)22-36(34)40(44)48/h1-22H,(H,49,50)(H,51,52). The maximum Gasteiger partial charge on any atom is 0.335 e. The van der Waals surface area contributed by atoms with Gasteiger partial charge in [-0.15, -0.1) is 0 Å². The predicted octanol–water partition coefficient (Wildman–Crippen LogP) is 8.06. The molecule has 13 heteroatoms. The van der Waals surface area contributed by atoms with Crippen molar-refractivity contribution in [2.75, 3.05) is 9.80 Å². The van der Waals surface area contributed by atoms with E-state index >= 15 is 0 Å². The summed E-state index contributed by atoms with van der Waals surface area (Å²) in [6, 6.07) is 34.1. The van der Waals surface area contributed by atoms with E-state index < -0.39 is 35.6 Å². The van der Waals surface area contributed by atoms with Crippen LogP contribution in [0, 0.1) is 0 Å². The van der Waals surface area contributed by atoms with Crippen molar-refractivity contribution in [2.24, 2.45) is 0 Å². The average molecular weight is 733 g/mol. The smallest absolute Gasteiger partial charge is 0.335 e. The third kappa shape index (κ3) is 6.38. The van der Waals surface area contributed by atoms with Crippen LogP contribution < -0.4 is 24.0 Å². The number of ether oxygens (including phenoxy) is 3. The van der Waals surface area contributed by atoms with Crippen molar-refractivity contribution in [3.05, 3.63) is 167 Å². The monoisotopic (exact) mass is 732 g/mol. The van der Waals surface area contributed by atoms with Gasteiger partial charge in [0.25, 0.3) is 23.6 Å². The van der Waals surface area contributed by atoms with Gasteiger partial charge in [-0.05, 0) is 133 Å². The van der Waals surface area contributed by atoms with Gasteiger partial charge in [0.2, 0.25) is 0 Å². The first-order valence-corrected chi connectivity index (χ1v) is 16.5. The molecule has 2 aliphatic rings. The molecule has 2 heterocycles. The first-order chi connectivity index (χ1) is 26.5. The number of nitrogens with zero attached hydrogens (tertiary/aromatic N) is 2. The quantitative estimate of drug-likeness (QED) is 0.130. The van der Waals surface area contributed by atoms with Gasteiger partial charge in [0.05, 0.1) is 44.8 Å². The summed E-state index contributed by atoms with van der Waals surface area (Å²) in [5, 5.41) is 18.5. The van der Waals surface area contributed by atoms with Crippen molar-refractivity contribution < 1.29 is 53.2 Å². The lowest BCUT2D eigenvalue weighted by Gasteiger charge is -2.15. The lowest BCUT2D eigenvalue weighted by atomic mass is 10.1. The number of amides is 4. The highest BCUT2D eigenvalue weighted by Crippen LogP contribution is 2.34. The molecule has 0 aromatic heterocycles. The molecule has 8 rings (SSSR count). The van der Waals surface area contributed by atoms with E-state index in [0.717, 1.165) is 9.80 Å². The number of carbonyl (C=O) groups excluding carboxylic acids is 4. The van der Waals surface area contributed by atoms with Gasteiger partial charge in [-0.3, -0.25) is 19.2 Å².